The molecule has 0 bridgehead atoms. The van der Waals surface area contributed by atoms with E-state index in [9.17, 15) is 9.59 Å². The van der Waals surface area contributed by atoms with Gasteiger partial charge in [-0.3, -0.25) is 10.1 Å². The average molecular weight is 365 g/mol. The lowest BCUT2D eigenvalue weighted by molar-refractivity contribution is -0.117. The van der Waals surface area contributed by atoms with Gasteiger partial charge in [0.15, 0.2) is 0 Å². The van der Waals surface area contributed by atoms with Gasteiger partial charge in [-0.1, -0.05) is 60.3 Å². The van der Waals surface area contributed by atoms with Gasteiger partial charge in [-0.2, -0.15) is 0 Å². The van der Waals surface area contributed by atoms with E-state index in [4.69, 9.17) is 0 Å². The third-order valence-corrected chi connectivity index (χ3v) is 4.71. The lowest BCUT2D eigenvalue weighted by Crippen LogP contribution is -2.39. The first-order valence-electron chi connectivity index (χ1n) is 8.22. The molecule has 0 radical (unpaired) electrons. The van der Waals surface area contributed by atoms with Gasteiger partial charge in [0.25, 0.3) is 0 Å². The number of aryl methyl sites for hydroxylation is 1. The summed E-state index contributed by atoms with van der Waals surface area (Å²) in [6.07, 6.45) is 0. The summed E-state index contributed by atoms with van der Waals surface area (Å²) in [6, 6.07) is 18.9. The Balaban J connectivity index is 1.50. The van der Waals surface area contributed by atoms with Crippen molar-refractivity contribution in [3.05, 3.63) is 71.8 Å². The third kappa shape index (κ3) is 4.83. The number of pyridine rings is 1. The Morgan fingerprint density at radius 3 is 2.58 bits per heavy atom. The zero-order valence-electron chi connectivity index (χ0n) is 14.4. The van der Waals surface area contributed by atoms with Crippen molar-refractivity contribution >= 4 is 34.6 Å². The largest absolute Gasteiger partial charge is 0.334 e. The normalized spacial score (nSPS) is 10.5. The number of thioether (sulfide) groups is 1. The summed E-state index contributed by atoms with van der Waals surface area (Å²) in [5, 5.41) is 6.86. The predicted molar refractivity (Wildman–Crippen MR) is 104 cm³/mol. The van der Waals surface area contributed by atoms with Crippen LogP contribution in [-0.4, -0.2) is 22.7 Å². The van der Waals surface area contributed by atoms with E-state index < -0.39 is 6.03 Å². The van der Waals surface area contributed by atoms with Crippen LogP contribution in [-0.2, 0) is 11.3 Å². The molecule has 6 heteroatoms. The second-order valence-corrected chi connectivity index (χ2v) is 6.80. The van der Waals surface area contributed by atoms with E-state index in [-0.39, 0.29) is 11.7 Å². The number of para-hydroxylation sites is 1. The highest BCUT2D eigenvalue weighted by Crippen LogP contribution is 2.23. The highest BCUT2D eigenvalue weighted by Gasteiger charge is 2.10. The molecule has 0 atom stereocenters. The highest BCUT2D eigenvalue weighted by molar-refractivity contribution is 7.99. The maximum absolute atomic E-state index is 12.0. The van der Waals surface area contributed by atoms with Gasteiger partial charge in [-0.25, -0.2) is 9.78 Å². The van der Waals surface area contributed by atoms with Crippen LogP contribution in [0.2, 0.25) is 0 Å². The minimum Gasteiger partial charge on any atom is -0.334 e. The predicted octanol–water partition coefficient (Wildman–Crippen LogP) is 3.66. The number of amides is 3. The first kappa shape index (κ1) is 17.9. The Morgan fingerprint density at radius 2 is 1.77 bits per heavy atom. The first-order valence-corrected chi connectivity index (χ1v) is 9.21. The summed E-state index contributed by atoms with van der Waals surface area (Å²) in [5.41, 5.74) is 2.98. The second kappa shape index (κ2) is 8.49. The van der Waals surface area contributed by atoms with E-state index in [0.717, 1.165) is 27.1 Å². The van der Waals surface area contributed by atoms with Crippen molar-refractivity contribution in [3.8, 4) is 0 Å². The van der Waals surface area contributed by atoms with E-state index in [2.05, 4.69) is 15.6 Å². The summed E-state index contributed by atoms with van der Waals surface area (Å²) in [6.45, 7) is 2.39. The molecule has 3 amide bonds. The molecule has 0 aliphatic heterocycles. The molecule has 0 saturated carbocycles. The van der Waals surface area contributed by atoms with E-state index in [1.54, 1.807) is 0 Å². The van der Waals surface area contributed by atoms with Crippen LogP contribution >= 0.6 is 11.8 Å². The maximum atomic E-state index is 12.0. The molecule has 1 heterocycles. The number of nitrogens with zero attached hydrogens (tertiary/aromatic N) is 1. The highest BCUT2D eigenvalue weighted by atomic mass is 32.2. The molecule has 0 saturated heterocycles. The van der Waals surface area contributed by atoms with Crippen molar-refractivity contribution in [2.45, 2.75) is 18.5 Å². The molecule has 5 nitrogen and oxygen atoms in total. The van der Waals surface area contributed by atoms with Crippen LogP contribution in [0.25, 0.3) is 10.9 Å². The zero-order valence-corrected chi connectivity index (χ0v) is 15.2. The topological polar surface area (TPSA) is 71.1 Å². The van der Waals surface area contributed by atoms with Crippen LogP contribution in [0, 0.1) is 6.92 Å². The van der Waals surface area contributed by atoms with Gasteiger partial charge in [0.05, 0.1) is 16.3 Å². The van der Waals surface area contributed by atoms with Gasteiger partial charge < -0.3 is 5.32 Å². The number of aromatic nitrogens is 1. The van der Waals surface area contributed by atoms with Crippen LogP contribution in [0.15, 0.2) is 65.7 Å². The van der Waals surface area contributed by atoms with Gasteiger partial charge in [0.2, 0.25) is 5.91 Å². The molecule has 2 aromatic carbocycles. The molecule has 26 heavy (non-hydrogen) atoms. The summed E-state index contributed by atoms with van der Waals surface area (Å²) >= 11 is 1.31. The number of urea groups is 1. The molecule has 132 valence electrons. The zero-order chi connectivity index (χ0) is 18.4. The van der Waals surface area contributed by atoms with Gasteiger partial charge >= 0.3 is 6.03 Å². The van der Waals surface area contributed by atoms with Gasteiger partial charge in [-0.05, 0) is 30.2 Å². The summed E-state index contributed by atoms with van der Waals surface area (Å²) in [5.74, 6) is -0.225. The van der Waals surface area contributed by atoms with Crippen LogP contribution in [0.5, 0.6) is 0 Å². The fourth-order valence-electron chi connectivity index (χ4n) is 2.52. The van der Waals surface area contributed by atoms with Crippen molar-refractivity contribution in [2.24, 2.45) is 0 Å². The van der Waals surface area contributed by atoms with Crippen LogP contribution in [0.4, 0.5) is 4.79 Å². The van der Waals surface area contributed by atoms with E-state index in [1.165, 1.54) is 11.8 Å². The molecule has 0 unspecified atom stereocenters. The molecule has 1 aromatic heterocycles. The summed E-state index contributed by atoms with van der Waals surface area (Å²) < 4.78 is 0. The Labute approximate surface area is 156 Å². The average Bonchev–Trinajstić information content (AvgIpc) is 2.66. The monoisotopic (exact) mass is 365 g/mol. The molecule has 0 aliphatic carbocycles. The number of hydrogen-bond donors (Lipinski definition) is 2. The van der Waals surface area contributed by atoms with E-state index in [0.29, 0.717) is 6.54 Å². The number of benzene rings is 2. The van der Waals surface area contributed by atoms with Crippen molar-refractivity contribution in [3.63, 3.8) is 0 Å². The smallest absolute Gasteiger partial charge is 0.321 e. The Hall–Kier alpha value is -2.86. The maximum Gasteiger partial charge on any atom is 0.321 e. The molecule has 0 fully saturated rings. The number of carbonyl (C=O) groups is 2. The Bertz CT molecular complexity index is 929. The minimum atomic E-state index is -0.498. The van der Waals surface area contributed by atoms with Gasteiger partial charge in [0.1, 0.15) is 0 Å². The standard InChI is InChI=1S/C20H19N3O2S/c1-14-11-19(22-17-10-6-5-9-16(14)17)26-13-18(24)23-20(25)21-12-15-7-3-2-4-8-15/h2-11H,12-13H2,1H3,(H2,21,23,24,25). The number of fused-ring (bicyclic) bond motifs is 1. The number of imide groups is 1. The fraction of sp³-hybridized carbons (Fsp3) is 0.150. The van der Waals surface area contributed by atoms with E-state index in [1.807, 2.05) is 67.6 Å². The van der Waals surface area contributed by atoms with Crippen LogP contribution < -0.4 is 10.6 Å². The minimum absolute atomic E-state index is 0.129. The third-order valence-electron chi connectivity index (χ3n) is 3.80. The van der Waals surface area contributed by atoms with Crippen molar-refractivity contribution in [1.29, 1.82) is 0 Å². The van der Waals surface area contributed by atoms with Crippen molar-refractivity contribution in [2.75, 3.05) is 5.75 Å². The quantitative estimate of drug-likeness (QED) is 0.677. The molecule has 0 aliphatic rings. The van der Waals surface area contributed by atoms with Gasteiger partial charge in [-0.15, -0.1) is 0 Å². The fourth-order valence-corrected chi connectivity index (χ4v) is 3.29. The Morgan fingerprint density at radius 1 is 1.04 bits per heavy atom. The lowest BCUT2D eigenvalue weighted by Gasteiger charge is -2.08. The number of rotatable bonds is 5. The lowest BCUT2D eigenvalue weighted by atomic mass is 10.1. The SMILES string of the molecule is Cc1cc(SCC(=O)NC(=O)NCc2ccccc2)nc2ccccc12. The molecule has 3 rings (SSSR count). The molecular weight excluding hydrogens is 346 g/mol. The Kier molecular flexibility index (Phi) is 5.86. The second-order valence-electron chi connectivity index (χ2n) is 5.80. The molecule has 3 aromatic rings. The van der Waals surface area contributed by atoms with Gasteiger partial charge in [0, 0.05) is 11.9 Å². The van der Waals surface area contributed by atoms with Crippen LogP contribution in [0.3, 0.4) is 0 Å². The molecular formula is C20H19N3O2S. The van der Waals surface area contributed by atoms with Crippen LogP contribution in [0.1, 0.15) is 11.1 Å². The summed E-state index contributed by atoms with van der Waals surface area (Å²) in [7, 11) is 0. The van der Waals surface area contributed by atoms with Crippen molar-refractivity contribution < 1.29 is 9.59 Å². The number of carbonyl (C=O) groups excluding carboxylic acids is 2. The number of hydrogen-bond acceptors (Lipinski definition) is 4. The molecule has 0 spiro atoms. The van der Waals surface area contributed by atoms with E-state index >= 15 is 0 Å². The molecule has 2 N–H and O–H groups in total. The van der Waals surface area contributed by atoms with Crippen molar-refractivity contribution in [1.82, 2.24) is 15.6 Å². The number of nitrogens with one attached hydrogen (secondary N) is 2. The first-order chi connectivity index (χ1) is 12.6. The summed E-state index contributed by atoms with van der Waals surface area (Å²) in [4.78, 5) is 28.3.